The molecule has 0 spiro atoms. The Hall–Kier alpha value is -1.23. The van der Waals surface area contributed by atoms with Crippen molar-refractivity contribution in [3.63, 3.8) is 0 Å². The van der Waals surface area contributed by atoms with Gasteiger partial charge in [-0.25, -0.2) is 8.42 Å². The molecule has 0 atom stereocenters. The van der Waals surface area contributed by atoms with Crippen LogP contribution in [0.5, 0.6) is 0 Å². The van der Waals surface area contributed by atoms with Crippen molar-refractivity contribution in [1.29, 1.82) is 0 Å². The largest absolute Gasteiger partial charge is 0.399 e. The predicted molar refractivity (Wildman–Crippen MR) is 72.6 cm³/mol. The van der Waals surface area contributed by atoms with E-state index in [9.17, 15) is 8.42 Å². The molecule has 0 unspecified atom stereocenters. The number of nitrogen functional groups attached to an aromatic ring is 1. The molecule has 0 aliphatic heterocycles. The van der Waals surface area contributed by atoms with Crippen molar-refractivity contribution in [3.8, 4) is 0 Å². The van der Waals surface area contributed by atoms with Crippen LogP contribution in [0, 0.1) is 0 Å². The van der Waals surface area contributed by atoms with Crippen LogP contribution >= 0.6 is 0 Å². The van der Waals surface area contributed by atoms with Gasteiger partial charge in [0.05, 0.1) is 11.4 Å². The lowest BCUT2D eigenvalue weighted by Gasteiger charge is -2.22. The Bertz CT molecular complexity index is 440. The SMILES string of the molecule is CCCCS(=O)(=O)N(CC)c1ccc(N)cc1. The van der Waals surface area contributed by atoms with Gasteiger partial charge in [-0.05, 0) is 37.6 Å². The molecule has 0 saturated carbocycles. The molecule has 0 bridgehead atoms. The Labute approximate surface area is 103 Å². The first-order chi connectivity index (χ1) is 8.01. The summed E-state index contributed by atoms with van der Waals surface area (Å²) in [6.07, 6.45) is 1.56. The molecule has 0 radical (unpaired) electrons. The van der Waals surface area contributed by atoms with Gasteiger partial charge in [0.25, 0.3) is 0 Å². The number of benzene rings is 1. The van der Waals surface area contributed by atoms with Gasteiger partial charge < -0.3 is 5.73 Å². The fourth-order valence-corrected chi connectivity index (χ4v) is 3.33. The molecule has 96 valence electrons. The highest BCUT2D eigenvalue weighted by molar-refractivity contribution is 7.92. The highest BCUT2D eigenvalue weighted by atomic mass is 32.2. The van der Waals surface area contributed by atoms with Gasteiger partial charge in [-0.1, -0.05) is 13.3 Å². The Morgan fingerprint density at radius 2 is 1.76 bits per heavy atom. The second kappa shape index (κ2) is 5.91. The number of rotatable bonds is 6. The van der Waals surface area contributed by atoms with Gasteiger partial charge in [-0.2, -0.15) is 0 Å². The van der Waals surface area contributed by atoms with Crippen LogP contribution in [0.25, 0.3) is 0 Å². The third-order valence-electron chi connectivity index (χ3n) is 2.56. The number of hydrogen-bond donors (Lipinski definition) is 1. The van der Waals surface area contributed by atoms with Crippen molar-refractivity contribution in [2.75, 3.05) is 22.3 Å². The minimum Gasteiger partial charge on any atom is -0.399 e. The molecule has 0 aliphatic carbocycles. The fraction of sp³-hybridized carbons (Fsp3) is 0.500. The smallest absolute Gasteiger partial charge is 0.235 e. The molecule has 0 amide bonds. The average Bonchev–Trinajstić information content (AvgIpc) is 2.30. The molecule has 0 fully saturated rings. The third kappa shape index (κ3) is 3.63. The minimum absolute atomic E-state index is 0.196. The van der Waals surface area contributed by atoms with E-state index in [0.29, 0.717) is 24.3 Å². The Balaban J connectivity index is 2.95. The van der Waals surface area contributed by atoms with Crippen molar-refractivity contribution in [1.82, 2.24) is 0 Å². The summed E-state index contributed by atoms with van der Waals surface area (Å²) in [5.74, 6) is 0.196. The molecule has 4 nitrogen and oxygen atoms in total. The zero-order valence-corrected chi connectivity index (χ0v) is 11.2. The van der Waals surface area contributed by atoms with Gasteiger partial charge in [-0.3, -0.25) is 4.31 Å². The average molecular weight is 256 g/mol. The molecule has 2 N–H and O–H groups in total. The van der Waals surface area contributed by atoms with Gasteiger partial charge in [0.15, 0.2) is 0 Å². The standard InChI is InChI=1S/C12H20N2O2S/c1-3-5-10-17(15,16)14(4-2)12-8-6-11(13)7-9-12/h6-9H,3-5,10,13H2,1-2H3. The number of sulfonamides is 1. The Morgan fingerprint density at radius 3 is 2.24 bits per heavy atom. The summed E-state index contributed by atoms with van der Waals surface area (Å²) < 4.78 is 25.6. The van der Waals surface area contributed by atoms with Gasteiger partial charge in [0, 0.05) is 12.2 Å². The topological polar surface area (TPSA) is 63.4 Å². The molecule has 1 rings (SSSR count). The van der Waals surface area contributed by atoms with Crippen molar-refractivity contribution in [2.24, 2.45) is 0 Å². The van der Waals surface area contributed by atoms with Crippen molar-refractivity contribution in [3.05, 3.63) is 24.3 Å². The van der Waals surface area contributed by atoms with Gasteiger partial charge in [-0.15, -0.1) is 0 Å². The second-order valence-corrected chi connectivity index (χ2v) is 5.94. The summed E-state index contributed by atoms with van der Waals surface area (Å²) in [5.41, 5.74) is 6.90. The molecule has 0 aromatic heterocycles. The maximum Gasteiger partial charge on any atom is 0.235 e. The molecule has 0 saturated heterocycles. The number of hydrogen-bond acceptors (Lipinski definition) is 3. The highest BCUT2D eigenvalue weighted by Gasteiger charge is 2.19. The van der Waals surface area contributed by atoms with Gasteiger partial charge >= 0.3 is 0 Å². The lowest BCUT2D eigenvalue weighted by Crippen LogP contribution is -2.32. The predicted octanol–water partition coefficient (Wildman–Crippen LogP) is 2.23. The van der Waals surface area contributed by atoms with E-state index in [1.165, 1.54) is 4.31 Å². The molecule has 1 aromatic rings. The zero-order chi connectivity index (χ0) is 12.9. The first-order valence-electron chi connectivity index (χ1n) is 5.87. The first-order valence-corrected chi connectivity index (χ1v) is 7.48. The normalized spacial score (nSPS) is 11.4. The number of unbranched alkanes of at least 4 members (excludes halogenated alkanes) is 1. The van der Waals surface area contributed by atoms with Gasteiger partial charge in [0.1, 0.15) is 0 Å². The van der Waals surface area contributed by atoms with Crippen LogP contribution < -0.4 is 10.0 Å². The summed E-state index contributed by atoms with van der Waals surface area (Å²) in [6, 6.07) is 6.91. The summed E-state index contributed by atoms with van der Waals surface area (Å²) in [4.78, 5) is 0. The van der Waals surface area contributed by atoms with E-state index < -0.39 is 10.0 Å². The summed E-state index contributed by atoms with van der Waals surface area (Å²) in [6.45, 7) is 4.25. The van der Waals surface area contributed by atoms with E-state index in [1.54, 1.807) is 24.3 Å². The first kappa shape index (κ1) is 13.8. The third-order valence-corrected chi connectivity index (χ3v) is 4.51. The van der Waals surface area contributed by atoms with Gasteiger partial charge in [0.2, 0.25) is 10.0 Å². The summed E-state index contributed by atoms with van der Waals surface area (Å²) in [7, 11) is -3.21. The zero-order valence-electron chi connectivity index (χ0n) is 10.4. The molecule has 0 aliphatic rings. The lowest BCUT2D eigenvalue weighted by molar-refractivity contribution is 0.588. The Kier molecular flexibility index (Phi) is 4.81. The van der Waals surface area contributed by atoms with Crippen LogP contribution in [0.3, 0.4) is 0 Å². The quantitative estimate of drug-likeness (QED) is 0.794. The van der Waals surface area contributed by atoms with E-state index >= 15 is 0 Å². The van der Waals surface area contributed by atoms with Crippen molar-refractivity contribution >= 4 is 21.4 Å². The minimum atomic E-state index is -3.21. The molecule has 17 heavy (non-hydrogen) atoms. The van der Waals surface area contributed by atoms with Crippen LogP contribution in [-0.2, 0) is 10.0 Å². The fourth-order valence-electron chi connectivity index (χ4n) is 1.62. The van der Waals surface area contributed by atoms with Crippen LogP contribution in [0.1, 0.15) is 26.7 Å². The summed E-state index contributed by atoms with van der Waals surface area (Å²) in [5, 5.41) is 0. The van der Waals surface area contributed by atoms with E-state index in [2.05, 4.69) is 0 Å². The maximum absolute atomic E-state index is 12.1. The van der Waals surface area contributed by atoms with E-state index in [1.807, 2.05) is 13.8 Å². The van der Waals surface area contributed by atoms with Crippen LogP contribution in [-0.4, -0.2) is 20.7 Å². The van der Waals surface area contributed by atoms with Crippen LogP contribution in [0.2, 0.25) is 0 Å². The number of nitrogens with two attached hydrogens (primary N) is 1. The highest BCUT2D eigenvalue weighted by Crippen LogP contribution is 2.20. The molecule has 5 heteroatoms. The number of anilines is 2. The number of nitrogens with zero attached hydrogens (tertiary/aromatic N) is 1. The molecule has 0 heterocycles. The molecule has 1 aromatic carbocycles. The van der Waals surface area contributed by atoms with Crippen LogP contribution in [0.4, 0.5) is 11.4 Å². The van der Waals surface area contributed by atoms with E-state index in [4.69, 9.17) is 5.73 Å². The van der Waals surface area contributed by atoms with Crippen molar-refractivity contribution in [2.45, 2.75) is 26.7 Å². The maximum atomic E-state index is 12.1. The molecular weight excluding hydrogens is 236 g/mol. The summed E-state index contributed by atoms with van der Waals surface area (Å²) >= 11 is 0. The second-order valence-electron chi connectivity index (χ2n) is 3.93. The van der Waals surface area contributed by atoms with Crippen LogP contribution in [0.15, 0.2) is 24.3 Å². The van der Waals surface area contributed by atoms with Crippen molar-refractivity contribution < 1.29 is 8.42 Å². The molecular formula is C12H20N2O2S. The van der Waals surface area contributed by atoms with E-state index in [0.717, 1.165) is 6.42 Å². The monoisotopic (exact) mass is 256 g/mol. The Morgan fingerprint density at radius 1 is 1.18 bits per heavy atom. The lowest BCUT2D eigenvalue weighted by atomic mass is 10.3. The van der Waals surface area contributed by atoms with E-state index in [-0.39, 0.29) is 5.75 Å².